The van der Waals surface area contributed by atoms with Crippen LogP contribution < -0.4 is 10.0 Å². The van der Waals surface area contributed by atoms with Crippen molar-refractivity contribution in [3.8, 4) is 0 Å². The molecule has 3 rings (SSSR count). The smallest absolute Gasteiger partial charge is 0.251 e. The fourth-order valence-corrected chi connectivity index (χ4v) is 3.49. The van der Waals surface area contributed by atoms with Crippen LogP contribution in [0.1, 0.15) is 35.2 Å². The molecule has 0 unspecified atom stereocenters. The number of rotatable bonds is 8. The van der Waals surface area contributed by atoms with Crippen molar-refractivity contribution in [1.82, 2.24) is 15.0 Å². The van der Waals surface area contributed by atoms with Crippen molar-refractivity contribution in [2.45, 2.75) is 36.6 Å². The van der Waals surface area contributed by atoms with Crippen molar-refractivity contribution in [3.63, 3.8) is 0 Å². The van der Waals surface area contributed by atoms with Gasteiger partial charge in [-0.1, -0.05) is 0 Å². The molecule has 1 fully saturated rings. The van der Waals surface area contributed by atoms with E-state index in [4.69, 9.17) is 0 Å². The predicted octanol–water partition coefficient (Wildman–Crippen LogP) is 1.88. The predicted molar refractivity (Wildman–Crippen MR) is 94.7 cm³/mol. The molecule has 1 amide bonds. The van der Waals surface area contributed by atoms with E-state index in [1.165, 1.54) is 12.1 Å². The van der Waals surface area contributed by atoms with Crippen molar-refractivity contribution < 1.29 is 13.2 Å². The number of hydrogen-bond acceptors (Lipinski definition) is 4. The van der Waals surface area contributed by atoms with Crippen molar-refractivity contribution in [3.05, 3.63) is 59.9 Å². The Morgan fingerprint density at radius 3 is 2.40 bits per heavy atom. The van der Waals surface area contributed by atoms with Gasteiger partial charge in [-0.25, -0.2) is 13.1 Å². The van der Waals surface area contributed by atoms with Gasteiger partial charge in [0.15, 0.2) is 0 Å². The highest BCUT2D eigenvalue weighted by molar-refractivity contribution is 7.89. The second-order valence-electron chi connectivity index (χ2n) is 6.13. The van der Waals surface area contributed by atoms with Gasteiger partial charge in [0.25, 0.3) is 5.91 Å². The Balaban J connectivity index is 1.51. The molecule has 0 radical (unpaired) electrons. The number of benzene rings is 1. The van der Waals surface area contributed by atoms with E-state index in [9.17, 15) is 13.2 Å². The van der Waals surface area contributed by atoms with Crippen LogP contribution >= 0.6 is 0 Å². The van der Waals surface area contributed by atoms with E-state index in [2.05, 4.69) is 15.0 Å². The molecule has 0 spiro atoms. The Morgan fingerprint density at radius 1 is 1.08 bits per heavy atom. The lowest BCUT2D eigenvalue weighted by Crippen LogP contribution is -2.26. The molecule has 7 heteroatoms. The van der Waals surface area contributed by atoms with E-state index in [1.54, 1.807) is 24.5 Å². The van der Waals surface area contributed by atoms with Crippen molar-refractivity contribution in [1.29, 1.82) is 0 Å². The van der Waals surface area contributed by atoms with Gasteiger partial charge in [0.05, 0.1) is 4.90 Å². The Hall–Kier alpha value is -2.25. The molecule has 0 saturated heterocycles. The summed E-state index contributed by atoms with van der Waals surface area (Å²) in [5.41, 5.74) is 1.60. The number of amides is 1. The zero-order valence-electron chi connectivity index (χ0n) is 13.8. The van der Waals surface area contributed by atoms with Crippen LogP contribution in [0.5, 0.6) is 0 Å². The summed E-state index contributed by atoms with van der Waals surface area (Å²) in [6.07, 6.45) is 6.96. The van der Waals surface area contributed by atoms with Gasteiger partial charge in [-0.15, -0.1) is 0 Å². The SMILES string of the molecule is O=C(NC1CC1)c1ccc(S(=O)(=O)NCCCc2ccncc2)cc1. The lowest BCUT2D eigenvalue weighted by Gasteiger charge is -2.08. The first-order valence-corrected chi connectivity index (χ1v) is 9.82. The maximum atomic E-state index is 12.3. The molecule has 0 aliphatic heterocycles. The van der Waals surface area contributed by atoms with E-state index in [0.29, 0.717) is 18.5 Å². The van der Waals surface area contributed by atoms with Gasteiger partial charge in [0.2, 0.25) is 10.0 Å². The third-order valence-electron chi connectivity index (χ3n) is 4.02. The van der Waals surface area contributed by atoms with Crippen LogP contribution in [0.3, 0.4) is 0 Å². The quantitative estimate of drug-likeness (QED) is 0.705. The van der Waals surface area contributed by atoms with E-state index in [0.717, 1.165) is 24.8 Å². The molecule has 132 valence electrons. The second-order valence-corrected chi connectivity index (χ2v) is 7.90. The van der Waals surface area contributed by atoms with Crippen LogP contribution in [-0.4, -0.2) is 31.9 Å². The number of nitrogens with one attached hydrogen (secondary N) is 2. The fourth-order valence-electron chi connectivity index (χ4n) is 2.41. The van der Waals surface area contributed by atoms with Gasteiger partial charge in [-0.2, -0.15) is 0 Å². The highest BCUT2D eigenvalue weighted by atomic mass is 32.2. The lowest BCUT2D eigenvalue weighted by atomic mass is 10.1. The number of pyridine rings is 1. The minimum Gasteiger partial charge on any atom is -0.349 e. The Bertz CT molecular complexity index is 816. The highest BCUT2D eigenvalue weighted by Crippen LogP contribution is 2.19. The van der Waals surface area contributed by atoms with Crippen LogP contribution in [0.4, 0.5) is 0 Å². The molecule has 0 atom stereocenters. The molecule has 0 bridgehead atoms. The van der Waals surface area contributed by atoms with Crippen LogP contribution in [0, 0.1) is 0 Å². The third kappa shape index (κ3) is 5.11. The third-order valence-corrected chi connectivity index (χ3v) is 5.50. The van der Waals surface area contributed by atoms with E-state index >= 15 is 0 Å². The normalized spacial score (nSPS) is 14.2. The largest absolute Gasteiger partial charge is 0.349 e. The summed E-state index contributed by atoms with van der Waals surface area (Å²) in [4.78, 5) is 16.0. The molecule has 1 aromatic heterocycles. The van der Waals surface area contributed by atoms with E-state index < -0.39 is 10.0 Å². The topological polar surface area (TPSA) is 88.2 Å². The number of carbonyl (C=O) groups excluding carboxylic acids is 1. The van der Waals surface area contributed by atoms with Gasteiger partial charge in [0.1, 0.15) is 0 Å². The zero-order chi connectivity index (χ0) is 17.7. The average Bonchev–Trinajstić information content (AvgIpc) is 3.44. The lowest BCUT2D eigenvalue weighted by molar-refractivity contribution is 0.0951. The summed E-state index contributed by atoms with van der Waals surface area (Å²) in [5, 5.41) is 2.88. The molecular weight excluding hydrogens is 338 g/mol. The van der Waals surface area contributed by atoms with Gasteiger partial charge < -0.3 is 5.32 Å². The van der Waals surface area contributed by atoms with Crippen LogP contribution in [0.25, 0.3) is 0 Å². The van der Waals surface area contributed by atoms with Crippen molar-refractivity contribution in [2.24, 2.45) is 0 Å². The fraction of sp³-hybridized carbons (Fsp3) is 0.333. The average molecular weight is 359 g/mol. The molecule has 1 aromatic carbocycles. The summed E-state index contributed by atoms with van der Waals surface area (Å²) in [6.45, 7) is 0.356. The van der Waals surface area contributed by atoms with Crippen LogP contribution in [0.15, 0.2) is 53.7 Å². The number of hydrogen-bond donors (Lipinski definition) is 2. The highest BCUT2D eigenvalue weighted by Gasteiger charge is 2.24. The summed E-state index contributed by atoms with van der Waals surface area (Å²) < 4.78 is 27.2. The van der Waals surface area contributed by atoms with Crippen LogP contribution in [-0.2, 0) is 16.4 Å². The number of aromatic nitrogens is 1. The molecule has 1 heterocycles. The number of nitrogens with zero attached hydrogens (tertiary/aromatic N) is 1. The van der Waals surface area contributed by atoms with Gasteiger partial charge in [-0.3, -0.25) is 9.78 Å². The van der Waals surface area contributed by atoms with Crippen molar-refractivity contribution >= 4 is 15.9 Å². The molecule has 1 aliphatic carbocycles. The molecule has 1 aliphatic rings. The molecule has 6 nitrogen and oxygen atoms in total. The summed E-state index contributed by atoms with van der Waals surface area (Å²) in [6, 6.07) is 10.1. The first-order valence-electron chi connectivity index (χ1n) is 8.34. The molecule has 2 N–H and O–H groups in total. The number of aryl methyl sites for hydroxylation is 1. The first-order chi connectivity index (χ1) is 12.0. The summed E-state index contributed by atoms with van der Waals surface area (Å²) >= 11 is 0. The molecule has 2 aromatic rings. The van der Waals surface area contributed by atoms with Gasteiger partial charge in [0, 0.05) is 30.5 Å². The Morgan fingerprint density at radius 2 is 1.76 bits per heavy atom. The van der Waals surface area contributed by atoms with Gasteiger partial charge in [-0.05, 0) is 67.6 Å². The second kappa shape index (κ2) is 7.76. The monoisotopic (exact) mass is 359 g/mol. The Kier molecular flexibility index (Phi) is 5.45. The van der Waals surface area contributed by atoms with Gasteiger partial charge >= 0.3 is 0 Å². The first kappa shape index (κ1) is 17.6. The maximum Gasteiger partial charge on any atom is 0.251 e. The summed E-state index contributed by atoms with van der Waals surface area (Å²) in [5.74, 6) is -0.156. The molecule has 25 heavy (non-hydrogen) atoms. The standard InChI is InChI=1S/C18H21N3O3S/c22-18(21-16-5-6-16)15-3-7-17(8-4-15)25(23,24)20-11-1-2-14-9-12-19-13-10-14/h3-4,7-10,12-13,16,20H,1-2,5-6,11H2,(H,21,22). The minimum absolute atomic E-state index is 0.156. The number of carbonyl (C=O) groups is 1. The van der Waals surface area contributed by atoms with Crippen LogP contribution in [0.2, 0.25) is 0 Å². The summed E-state index contributed by atoms with van der Waals surface area (Å²) in [7, 11) is -3.56. The molecular formula is C18H21N3O3S. The van der Waals surface area contributed by atoms with E-state index in [-0.39, 0.29) is 16.8 Å². The molecule has 1 saturated carbocycles. The Labute approximate surface area is 147 Å². The minimum atomic E-state index is -3.56. The number of sulfonamides is 1. The maximum absolute atomic E-state index is 12.3. The zero-order valence-corrected chi connectivity index (χ0v) is 14.6. The van der Waals surface area contributed by atoms with Crippen molar-refractivity contribution in [2.75, 3.05) is 6.54 Å². The van der Waals surface area contributed by atoms with E-state index in [1.807, 2.05) is 12.1 Å².